The fourth-order valence-corrected chi connectivity index (χ4v) is 3.08. The van der Waals surface area contributed by atoms with Gasteiger partial charge in [-0.1, -0.05) is 12.1 Å². The van der Waals surface area contributed by atoms with Crippen LogP contribution in [-0.2, 0) is 4.74 Å². The van der Waals surface area contributed by atoms with Crippen LogP contribution in [0.25, 0.3) is 0 Å². The maximum Gasteiger partial charge on any atom is 0.409 e. The summed E-state index contributed by atoms with van der Waals surface area (Å²) < 4.78 is 4.85. The average Bonchev–Trinajstić information content (AvgIpc) is 3.01. The number of hydrogen-bond donors (Lipinski definition) is 2. The first kappa shape index (κ1) is 15.8. The molecule has 2 amide bonds. The standard InChI is InChI=1S/C17H23N3O3/c21-16(19-8-9-20-10-11-23-17(20)22)14-5-3-13(4-6-14)15-2-1-7-18-12-15/h3-6,15,18H,1-2,7-12H2,(H,19,21)/t15-/m0/s1. The van der Waals surface area contributed by atoms with Crippen LogP contribution in [0.2, 0.25) is 0 Å². The second kappa shape index (κ2) is 7.46. The van der Waals surface area contributed by atoms with Gasteiger partial charge >= 0.3 is 6.09 Å². The molecule has 6 nitrogen and oxygen atoms in total. The van der Waals surface area contributed by atoms with Gasteiger partial charge in [-0.2, -0.15) is 0 Å². The molecular formula is C17H23N3O3. The van der Waals surface area contributed by atoms with Crippen molar-refractivity contribution in [3.05, 3.63) is 35.4 Å². The number of benzene rings is 1. The summed E-state index contributed by atoms with van der Waals surface area (Å²) in [6, 6.07) is 7.85. The summed E-state index contributed by atoms with van der Waals surface area (Å²) in [6.45, 7) is 4.06. The van der Waals surface area contributed by atoms with Crippen LogP contribution in [0.15, 0.2) is 24.3 Å². The van der Waals surface area contributed by atoms with Crippen molar-refractivity contribution in [2.75, 3.05) is 39.3 Å². The molecule has 0 spiro atoms. The van der Waals surface area contributed by atoms with Crippen molar-refractivity contribution < 1.29 is 14.3 Å². The van der Waals surface area contributed by atoms with Crippen LogP contribution in [0.1, 0.15) is 34.7 Å². The third-order valence-corrected chi connectivity index (χ3v) is 4.45. The molecule has 124 valence electrons. The summed E-state index contributed by atoms with van der Waals surface area (Å²) in [7, 11) is 0. The molecule has 0 saturated carbocycles. The predicted octanol–water partition coefficient (Wildman–Crippen LogP) is 1.34. The number of ether oxygens (including phenoxy) is 1. The van der Waals surface area contributed by atoms with E-state index in [9.17, 15) is 9.59 Å². The molecule has 0 bridgehead atoms. The number of nitrogens with zero attached hydrogens (tertiary/aromatic N) is 1. The maximum absolute atomic E-state index is 12.1. The van der Waals surface area contributed by atoms with Crippen LogP contribution in [0.3, 0.4) is 0 Å². The monoisotopic (exact) mass is 317 g/mol. The smallest absolute Gasteiger partial charge is 0.409 e. The van der Waals surface area contributed by atoms with Gasteiger partial charge in [0.05, 0.1) is 6.54 Å². The van der Waals surface area contributed by atoms with Gasteiger partial charge in [-0.15, -0.1) is 0 Å². The van der Waals surface area contributed by atoms with Crippen molar-refractivity contribution in [3.8, 4) is 0 Å². The topological polar surface area (TPSA) is 70.7 Å². The molecule has 2 aliphatic rings. The van der Waals surface area contributed by atoms with Crippen LogP contribution >= 0.6 is 0 Å². The molecule has 3 rings (SSSR count). The van der Waals surface area contributed by atoms with Crippen molar-refractivity contribution in [2.45, 2.75) is 18.8 Å². The lowest BCUT2D eigenvalue weighted by atomic mass is 9.91. The van der Waals surface area contributed by atoms with Crippen LogP contribution < -0.4 is 10.6 Å². The number of rotatable bonds is 5. The fourth-order valence-electron chi connectivity index (χ4n) is 3.08. The van der Waals surface area contributed by atoms with Gasteiger partial charge in [0.15, 0.2) is 0 Å². The Morgan fingerprint density at radius 2 is 2.17 bits per heavy atom. The molecule has 2 N–H and O–H groups in total. The lowest BCUT2D eigenvalue weighted by Crippen LogP contribution is -2.35. The summed E-state index contributed by atoms with van der Waals surface area (Å²) in [5.74, 6) is 0.438. The van der Waals surface area contributed by atoms with E-state index in [0.29, 0.717) is 37.7 Å². The summed E-state index contributed by atoms with van der Waals surface area (Å²) in [5, 5.41) is 6.25. The highest BCUT2D eigenvalue weighted by Crippen LogP contribution is 2.23. The molecule has 2 fully saturated rings. The third kappa shape index (κ3) is 4.01. The zero-order valence-electron chi connectivity index (χ0n) is 13.2. The van der Waals surface area contributed by atoms with Gasteiger partial charge in [-0.05, 0) is 43.0 Å². The average molecular weight is 317 g/mol. The Bertz CT molecular complexity index is 553. The van der Waals surface area contributed by atoms with Crippen molar-refractivity contribution in [1.29, 1.82) is 0 Å². The highest BCUT2D eigenvalue weighted by atomic mass is 16.6. The van der Waals surface area contributed by atoms with E-state index in [1.165, 1.54) is 18.4 Å². The summed E-state index contributed by atoms with van der Waals surface area (Å²) in [6.07, 6.45) is 2.10. The van der Waals surface area contributed by atoms with Crippen molar-refractivity contribution in [1.82, 2.24) is 15.5 Å². The van der Waals surface area contributed by atoms with Gasteiger partial charge in [0, 0.05) is 25.2 Å². The van der Waals surface area contributed by atoms with E-state index >= 15 is 0 Å². The Morgan fingerprint density at radius 3 is 2.83 bits per heavy atom. The first-order valence-corrected chi connectivity index (χ1v) is 8.24. The minimum absolute atomic E-state index is 0.106. The van der Waals surface area contributed by atoms with E-state index in [-0.39, 0.29) is 12.0 Å². The van der Waals surface area contributed by atoms with Gasteiger partial charge in [-0.3, -0.25) is 4.79 Å². The Balaban J connectivity index is 1.48. The SMILES string of the molecule is O=C(NCCN1CCOC1=O)c1ccc([C@H]2CCCNC2)cc1. The van der Waals surface area contributed by atoms with Crippen LogP contribution in [0.4, 0.5) is 4.79 Å². The predicted molar refractivity (Wildman–Crippen MR) is 86.5 cm³/mol. The highest BCUT2D eigenvalue weighted by molar-refractivity contribution is 5.94. The Morgan fingerprint density at radius 1 is 1.35 bits per heavy atom. The zero-order valence-corrected chi connectivity index (χ0v) is 13.2. The minimum atomic E-state index is -0.301. The van der Waals surface area contributed by atoms with Gasteiger partial charge in [-0.25, -0.2) is 4.79 Å². The lowest BCUT2D eigenvalue weighted by Gasteiger charge is -2.23. The number of amides is 2. The van der Waals surface area contributed by atoms with E-state index in [1.54, 1.807) is 4.90 Å². The number of nitrogens with one attached hydrogen (secondary N) is 2. The third-order valence-electron chi connectivity index (χ3n) is 4.45. The summed E-state index contributed by atoms with van der Waals surface area (Å²) in [5.41, 5.74) is 1.94. The molecule has 23 heavy (non-hydrogen) atoms. The zero-order chi connectivity index (χ0) is 16.1. The van der Waals surface area contributed by atoms with Gasteiger partial charge in [0.1, 0.15) is 6.61 Å². The molecule has 2 saturated heterocycles. The van der Waals surface area contributed by atoms with Crippen molar-refractivity contribution >= 4 is 12.0 Å². The highest BCUT2D eigenvalue weighted by Gasteiger charge is 2.21. The second-order valence-electron chi connectivity index (χ2n) is 6.02. The fraction of sp³-hybridized carbons (Fsp3) is 0.529. The molecule has 1 aromatic carbocycles. The lowest BCUT2D eigenvalue weighted by molar-refractivity contribution is 0.0948. The van der Waals surface area contributed by atoms with Gasteiger partial charge in [0.25, 0.3) is 5.91 Å². The molecule has 1 atom stereocenters. The normalized spacial score (nSPS) is 21.1. The number of piperidine rings is 1. The molecule has 0 aliphatic carbocycles. The molecule has 2 aliphatic heterocycles. The number of hydrogen-bond acceptors (Lipinski definition) is 4. The molecule has 6 heteroatoms. The Labute approximate surface area is 136 Å². The van der Waals surface area contributed by atoms with Crippen LogP contribution in [0, 0.1) is 0 Å². The first-order valence-electron chi connectivity index (χ1n) is 8.24. The molecule has 2 heterocycles. The largest absolute Gasteiger partial charge is 0.448 e. The van der Waals surface area contributed by atoms with Crippen LogP contribution in [-0.4, -0.2) is 56.2 Å². The first-order chi connectivity index (χ1) is 11.2. The number of cyclic esters (lactones) is 1. The molecule has 0 aromatic heterocycles. The Kier molecular flexibility index (Phi) is 5.12. The van der Waals surface area contributed by atoms with E-state index in [0.717, 1.165) is 13.1 Å². The van der Waals surface area contributed by atoms with E-state index in [4.69, 9.17) is 4.74 Å². The van der Waals surface area contributed by atoms with E-state index in [1.807, 2.05) is 24.3 Å². The minimum Gasteiger partial charge on any atom is -0.448 e. The van der Waals surface area contributed by atoms with E-state index < -0.39 is 0 Å². The number of carbonyl (C=O) groups is 2. The van der Waals surface area contributed by atoms with E-state index in [2.05, 4.69) is 10.6 Å². The Hall–Kier alpha value is -2.08. The van der Waals surface area contributed by atoms with Crippen molar-refractivity contribution in [2.24, 2.45) is 0 Å². The van der Waals surface area contributed by atoms with Gasteiger partial charge in [0.2, 0.25) is 0 Å². The van der Waals surface area contributed by atoms with Crippen LogP contribution in [0.5, 0.6) is 0 Å². The number of carbonyl (C=O) groups excluding carboxylic acids is 2. The second-order valence-corrected chi connectivity index (χ2v) is 6.02. The maximum atomic E-state index is 12.1. The molecular weight excluding hydrogens is 294 g/mol. The molecule has 1 aromatic rings. The van der Waals surface area contributed by atoms with Gasteiger partial charge < -0.3 is 20.3 Å². The summed E-state index contributed by atoms with van der Waals surface area (Å²) >= 11 is 0. The molecule has 0 radical (unpaired) electrons. The quantitative estimate of drug-likeness (QED) is 0.860. The van der Waals surface area contributed by atoms with Crippen molar-refractivity contribution in [3.63, 3.8) is 0 Å². The summed E-state index contributed by atoms with van der Waals surface area (Å²) in [4.78, 5) is 25.0. The molecule has 0 unspecified atom stereocenters.